The van der Waals surface area contributed by atoms with E-state index in [9.17, 15) is 4.79 Å². The molecule has 2 atom stereocenters. The van der Waals surface area contributed by atoms with Crippen molar-refractivity contribution >= 4 is 5.82 Å². The van der Waals surface area contributed by atoms with Crippen LogP contribution in [0.1, 0.15) is 42.5 Å². The number of nitrogens with one attached hydrogen (secondary N) is 2. The lowest BCUT2D eigenvalue weighted by molar-refractivity contribution is 0.900. The van der Waals surface area contributed by atoms with E-state index in [1.165, 1.54) is 5.56 Å². The summed E-state index contributed by atoms with van der Waals surface area (Å²) in [5, 5.41) is 3.40. The first-order valence-corrected chi connectivity index (χ1v) is 7.22. The number of nitrogens with zero attached hydrogens (tertiary/aromatic N) is 1. The molecule has 0 aliphatic heterocycles. The summed E-state index contributed by atoms with van der Waals surface area (Å²) in [6, 6.07) is 12.5. The Morgan fingerprint density at radius 1 is 1.20 bits per heavy atom. The maximum absolute atomic E-state index is 11.7. The highest BCUT2D eigenvalue weighted by molar-refractivity contribution is 5.41. The highest BCUT2D eigenvalue weighted by atomic mass is 16.1. The molecule has 102 valence electrons. The number of aromatic nitrogens is 2. The monoisotopic (exact) mass is 267 g/mol. The molecular formula is C16H17N3O. The second-order valence-corrected chi connectivity index (χ2v) is 5.79. The van der Waals surface area contributed by atoms with E-state index in [1.54, 1.807) is 6.07 Å². The van der Waals surface area contributed by atoms with E-state index >= 15 is 0 Å². The van der Waals surface area contributed by atoms with E-state index in [1.807, 2.05) is 6.07 Å². The Hall–Kier alpha value is -2.10. The van der Waals surface area contributed by atoms with Gasteiger partial charge in [0.05, 0.1) is 0 Å². The van der Waals surface area contributed by atoms with E-state index in [2.05, 4.69) is 39.6 Å². The zero-order valence-electron chi connectivity index (χ0n) is 11.2. The van der Waals surface area contributed by atoms with Crippen molar-refractivity contribution < 1.29 is 0 Å². The Balaban J connectivity index is 1.49. The number of benzene rings is 1. The normalized spacial score (nSPS) is 24.4. The van der Waals surface area contributed by atoms with Crippen LogP contribution >= 0.6 is 0 Å². The van der Waals surface area contributed by atoms with Crippen LogP contribution in [0.2, 0.25) is 0 Å². The van der Waals surface area contributed by atoms with Crippen molar-refractivity contribution in [1.82, 2.24) is 9.97 Å². The molecule has 20 heavy (non-hydrogen) atoms. The number of hydrogen-bond acceptors (Lipinski definition) is 3. The Kier molecular flexibility index (Phi) is 2.62. The lowest BCUT2D eigenvalue weighted by atomic mass is 10.1. The second kappa shape index (κ2) is 4.47. The van der Waals surface area contributed by atoms with Gasteiger partial charge >= 0.3 is 0 Å². The molecular weight excluding hydrogens is 250 g/mol. The Morgan fingerprint density at radius 3 is 2.75 bits per heavy atom. The van der Waals surface area contributed by atoms with E-state index in [-0.39, 0.29) is 5.56 Å². The first-order chi connectivity index (χ1) is 9.79. The highest BCUT2D eigenvalue weighted by Crippen LogP contribution is 2.43. The van der Waals surface area contributed by atoms with Gasteiger partial charge in [-0.1, -0.05) is 30.3 Å². The summed E-state index contributed by atoms with van der Waals surface area (Å²) < 4.78 is 0. The topological polar surface area (TPSA) is 57.8 Å². The van der Waals surface area contributed by atoms with Crippen LogP contribution in [0.4, 0.5) is 5.82 Å². The molecule has 2 aliphatic carbocycles. The average Bonchev–Trinajstić information content (AvgIpc) is 3.34. The van der Waals surface area contributed by atoms with E-state index < -0.39 is 0 Å². The first-order valence-electron chi connectivity index (χ1n) is 7.22. The molecule has 2 N–H and O–H groups in total. The van der Waals surface area contributed by atoms with Crippen LogP contribution in [-0.4, -0.2) is 16.0 Å². The zero-order chi connectivity index (χ0) is 13.5. The molecule has 2 aromatic rings. The van der Waals surface area contributed by atoms with Gasteiger partial charge in [0.15, 0.2) is 0 Å². The lowest BCUT2D eigenvalue weighted by Crippen LogP contribution is -2.14. The molecule has 4 heteroatoms. The summed E-state index contributed by atoms with van der Waals surface area (Å²) in [4.78, 5) is 19.0. The molecule has 0 bridgehead atoms. The van der Waals surface area contributed by atoms with Crippen LogP contribution in [0, 0.1) is 0 Å². The highest BCUT2D eigenvalue weighted by Gasteiger charge is 2.38. The summed E-state index contributed by atoms with van der Waals surface area (Å²) in [7, 11) is 0. The molecule has 0 amide bonds. The van der Waals surface area contributed by atoms with Crippen molar-refractivity contribution in [3.05, 3.63) is 58.1 Å². The van der Waals surface area contributed by atoms with Gasteiger partial charge in [-0.05, 0) is 24.8 Å². The van der Waals surface area contributed by atoms with E-state index in [0.29, 0.717) is 17.9 Å². The molecule has 0 saturated heterocycles. The SMILES string of the molecule is O=c1cc(NC2CC2c2ccccc2)nc(C2CC2)[nH]1. The molecule has 2 saturated carbocycles. The minimum atomic E-state index is -0.0543. The second-order valence-electron chi connectivity index (χ2n) is 5.79. The van der Waals surface area contributed by atoms with Crippen molar-refractivity contribution in [2.45, 2.75) is 37.1 Å². The van der Waals surface area contributed by atoms with Crippen molar-refractivity contribution in [2.75, 3.05) is 5.32 Å². The van der Waals surface area contributed by atoms with Gasteiger partial charge in [-0.15, -0.1) is 0 Å². The summed E-state index contributed by atoms with van der Waals surface area (Å²) in [5.41, 5.74) is 1.30. The summed E-state index contributed by atoms with van der Waals surface area (Å²) in [5.74, 6) is 2.58. The van der Waals surface area contributed by atoms with Crippen LogP contribution in [0.15, 0.2) is 41.2 Å². The fourth-order valence-corrected chi connectivity index (χ4v) is 2.71. The third kappa shape index (κ3) is 2.33. The van der Waals surface area contributed by atoms with Crippen molar-refractivity contribution in [1.29, 1.82) is 0 Å². The van der Waals surface area contributed by atoms with E-state index in [4.69, 9.17) is 0 Å². The Morgan fingerprint density at radius 2 is 2.00 bits per heavy atom. The molecule has 0 radical (unpaired) electrons. The van der Waals surface area contributed by atoms with Gasteiger partial charge in [-0.2, -0.15) is 0 Å². The van der Waals surface area contributed by atoms with Gasteiger partial charge < -0.3 is 10.3 Å². The van der Waals surface area contributed by atoms with Gasteiger partial charge in [0.25, 0.3) is 5.56 Å². The molecule has 2 fully saturated rings. The van der Waals surface area contributed by atoms with Crippen LogP contribution in [0.3, 0.4) is 0 Å². The Bertz CT molecular complexity index is 676. The minimum absolute atomic E-state index is 0.0543. The van der Waals surface area contributed by atoms with Crippen LogP contribution < -0.4 is 10.9 Å². The molecule has 4 nitrogen and oxygen atoms in total. The van der Waals surface area contributed by atoms with Crippen molar-refractivity contribution in [3.63, 3.8) is 0 Å². The van der Waals surface area contributed by atoms with Gasteiger partial charge in [0, 0.05) is 23.9 Å². The number of H-pyrrole nitrogens is 1. The minimum Gasteiger partial charge on any atom is -0.366 e. The number of aromatic amines is 1. The molecule has 1 heterocycles. The quantitative estimate of drug-likeness (QED) is 0.895. The predicted octanol–water partition coefficient (Wildman–Crippen LogP) is 2.62. The van der Waals surface area contributed by atoms with Gasteiger partial charge in [0.1, 0.15) is 11.6 Å². The fourth-order valence-electron chi connectivity index (χ4n) is 2.71. The molecule has 0 spiro atoms. The maximum atomic E-state index is 11.7. The zero-order valence-corrected chi connectivity index (χ0v) is 11.2. The number of rotatable bonds is 4. The smallest absolute Gasteiger partial charge is 0.252 e. The van der Waals surface area contributed by atoms with Crippen LogP contribution in [0.5, 0.6) is 0 Å². The summed E-state index contributed by atoms with van der Waals surface area (Å²) >= 11 is 0. The van der Waals surface area contributed by atoms with Gasteiger partial charge in [-0.25, -0.2) is 4.98 Å². The molecule has 4 rings (SSSR count). The predicted molar refractivity (Wildman–Crippen MR) is 78.0 cm³/mol. The van der Waals surface area contributed by atoms with Gasteiger partial charge in [-0.3, -0.25) is 4.79 Å². The molecule has 2 unspecified atom stereocenters. The third-order valence-corrected chi connectivity index (χ3v) is 4.08. The fraction of sp³-hybridized carbons (Fsp3) is 0.375. The summed E-state index contributed by atoms with van der Waals surface area (Å²) in [6.07, 6.45) is 3.39. The maximum Gasteiger partial charge on any atom is 0.252 e. The third-order valence-electron chi connectivity index (χ3n) is 4.08. The standard InChI is InChI=1S/C16H17N3O/c20-15-9-14(18-16(19-15)11-6-7-11)17-13-8-12(13)10-4-2-1-3-5-10/h1-5,9,11-13H,6-8H2,(H2,17,18,19,20). The van der Waals surface area contributed by atoms with Crippen molar-refractivity contribution in [3.8, 4) is 0 Å². The van der Waals surface area contributed by atoms with Crippen LogP contribution in [0.25, 0.3) is 0 Å². The molecule has 1 aromatic carbocycles. The average molecular weight is 267 g/mol. The van der Waals surface area contributed by atoms with Gasteiger partial charge in [0.2, 0.25) is 0 Å². The van der Waals surface area contributed by atoms with Crippen LogP contribution in [-0.2, 0) is 0 Å². The van der Waals surface area contributed by atoms with E-state index in [0.717, 1.165) is 30.9 Å². The Labute approximate surface area is 117 Å². The van der Waals surface area contributed by atoms with Crippen molar-refractivity contribution in [2.24, 2.45) is 0 Å². The number of anilines is 1. The lowest BCUT2D eigenvalue weighted by Gasteiger charge is -2.06. The molecule has 1 aromatic heterocycles. The first kappa shape index (κ1) is 11.7. The molecule has 2 aliphatic rings. The largest absolute Gasteiger partial charge is 0.366 e. The summed E-state index contributed by atoms with van der Waals surface area (Å²) in [6.45, 7) is 0. The number of hydrogen-bond donors (Lipinski definition) is 2.